The van der Waals surface area contributed by atoms with Crippen LogP contribution in [0.4, 0.5) is 0 Å². The summed E-state index contributed by atoms with van der Waals surface area (Å²) in [4.78, 5) is 32.5. The topological polar surface area (TPSA) is 69.9 Å². The summed E-state index contributed by atoms with van der Waals surface area (Å²) in [5.74, 6) is 0.385. The smallest absolute Gasteiger partial charge is 0.338 e. The average molecular weight is 479 g/mol. The zero-order valence-electron chi connectivity index (χ0n) is 18.4. The monoisotopic (exact) mass is 478 g/mol. The molecule has 0 saturated heterocycles. The second-order valence-corrected chi connectivity index (χ2v) is 9.75. The summed E-state index contributed by atoms with van der Waals surface area (Å²) in [5.41, 5.74) is 2.68. The van der Waals surface area contributed by atoms with Crippen LogP contribution < -0.4 is 19.6 Å². The number of para-hydroxylation sites is 1. The van der Waals surface area contributed by atoms with Gasteiger partial charge in [0, 0.05) is 10.4 Å². The fraction of sp³-hybridized carbons (Fsp3) is 0.240. The number of thiazole rings is 1. The standard InChI is InChI=1S/C25H22N2O4S2/c1-4-30-24(29)21-14(2)26-25-27(22(21)19-10-7-11-32-19)23(28)20(33-25)13-17-12-16-8-5-6-9-18(16)31-15(17)3/h5-13,15,22H,4H2,1-3H3/b20-13+. The predicted octanol–water partition coefficient (Wildman–Crippen LogP) is 3.68. The van der Waals surface area contributed by atoms with Crippen LogP contribution in [0.5, 0.6) is 5.75 Å². The van der Waals surface area contributed by atoms with E-state index in [9.17, 15) is 9.59 Å². The lowest BCUT2D eigenvalue weighted by atomic mass is 10.0. The Bertz CT molecular complexity index is 1480. The van der Waals surface area contributed by atoms with E-state index in [0.29, 0.717) is 20.6 Å². The van der Waals surface area contributed by atoms with Crippen LogP contribution in [0.1, 0.15) is 37.3 Å². The van der Waals surface area contributed by atoms with Crippen LogP contribution in [-0.4, -0.2) is 23.2 Å². The number of fused-ring (bicyclic) bond motifs is 2. The number of benzene rings is 1. The molecule has 0 radical (unpaired) electrons. The molecule has 5 rings (SSSR count). The molecule has 6 nitrogen and oxygen atoms in total. The van der Waals surface area contributed by atoms with Crippen LogP contribution >= 0.6 is 22.7 Å². The Morgan fingerprint density at radius 3 is 2.85 bits per heavy atom. The van der Waals surface area contributed by atoms with Gasteiger partial charge in [0.15, 0.2) is 4.80 Å². The molecule has 2 aliphatic rings. The lowest BCUT2D eigenvalue weighted by molar-refractivity contribution is -0.139. The molecule has 33 heavy (non-hydrogen) atoms. The SMILES string of the molecule is CCOC(=O)C1=C(C)N=c2s/c(=C/C3=Cc4ccccc4OC3C)c(=O)n2C1c1cccs1. The molecule has 0 saturated carbocycles. The second kappa shape index (κ2) is 8.61. The highest BCUT2D eigenvalue weighted by atomic mass is 32.1. The highest BCUT2D eigenvalue weighted by Gasteiger charge is 2.34. The number of hydrogen-bond acceptors (Lipinski definition) is 7. The number of allylic oxidation sites excluding steroid dienone is 1. The van der Waals surface area contributed by atoms with Gasteiger partial charge in [0.1, 0.15) is 17.9 Å². The lowest BCUT2D eigenvalue weighted by Gasteiger charge is -2.23. The number of hydrogen-bond donors (Lipinski definition) is 0. The summed E-state index contributed by atoms with van der Waals surface area (Å²) in [6.45, 7) is 5.78. The number of carbonyl (C=O) groups excluding carboxylic acids is 1. The number of carbonyl (C=O) groups is 1. The number of aromatic nitrogens is 1. The molecule has 4 heterocycles. The van der Waals surface area contributed by atoms with Crippen molar-refractivity contribution in [3.8, 4) is 5.75 Å². The lowest BCUT2D eigenvalue weighted by Crippen LogP contribution is -2.39. The predicted molar refractivity (Wildman–Crippen MR) is 130 cm³/mol. The fourth-order valence-electron chi connectivity index (χ4n) is 4.08. The number of rotatable bonds is 4. The van der Waals surface area contributed by atoms with E-state index in [1.165, 1.54) is 22.7 Å². The van der Waals surface area contributed by atoms with Crippen molar-refractivity contribution in [1.82, 2.24) is 4.57 Å². The molecule has 0 spiro atoms. The van der Waals surface area contributed by atoms with Crippen molar-refractivity contribution in [2.24, 2.45) is 4.99 Å². The van der Waals surface area contributed by atoms with Crippen LogP contribution in [0.2, 0.25) is 0 Å². The average Bonchev–Trinajstić information content (AvgIpc) is 3.42. The van der Waals surface area contributed by atoms with Gasteiger partial charge in [-0.05, 0) is 56.0 Å². The highest BCUT2D eigenvalue weighted by molar-refractivity contribution is 7.10. The first-order valence-electron chi connectivity index (χ1n) is 10.7. The Hall–Kier alpha value is -3.23. The van der Waals surface area contributed by atoms with Crippen molar-refractivity contribution in [3.63, 3.8) is 0 Å². The molecule has 2 aromatic heterocycles. The van der Waals surface area contributed by atoms with Crippen molar-refractivity contribution in [1.29, 1.82) is 0 Å². The van der Waals surface area contributed by atoms with E-state index in [4.69, 9.17) is 9.47 Å². The maximum absolute atomic E-state index is 13.6. The van der Waals surface area contributed by atoms with E-state index in [1.807, 2.05) is 60.9 Å². The van der Waals surface area contributed by atoms with Crippen molar-refractivity contribution < 1.29 is 14.3 Å². The first-order valence-corrected chi connectivity index (χ1v) is 12.4. The Balaban J connectivity index is 1.68. The summed E-state index contributed by atoms with van der Waals surface area (Å²) >= 11 is 2.82. The fourth-order valence-corrected chi connectivity index (χ4v) is 5.95. The van der Waals surface area contributed by atoms with Crippen molar-refractivity contribution in [2.75, 3.05) is 6.61 Å². The Labute approximate surface area is 198 Å². The highest BCUT2D eigenvalue weighted by Crippen LogP contribution is 2.33. The molecule has 0 aliphatic carbocycles. The normalized spacial score (nSPS) is 19.8. The first kappa shape index (κ1) is 21.6. The molecule has 168 valence electrons. The van der Waals surface area contributed by atoms with Gasteiger partial charge >= 0.3 is 5.97 Å². The molecule has 2 atom stereocenters. The van der Waals surface area contributed by atoms with Gasteiger partial charge in [-0.1, -0.05) is 35.6 Å². The molecule has 0 amide bonds. The van der Waals surface area contributed by atoms with E-state index in [2.05, 4.69) is 4.99 Å². The summed E-state index contributed by atoms with van der Waals surface area (Å²) in [6, 6.07) is 11.1. The molecule has 2 unspecified atom stereocenters. The van der Waals surface area contributed by atoms with Gasteiger partial charge in [-0.15, -0.1) is 11.3 Å². The molecule has 2 aliphatic heterocycles. The van der Waals surface area contributed by atoms with Gasteiger partial charge in [0.05, 0.1) is 22.4 Å². The van der Waals surface area contributed by atoms with E-state index in [0.717, 1.165) is 21.8 Å². The van der Waals surface area contributed by atoms with E-state index in [1.54, 1.807) is 18.4 Å². The Morgan fingerprint density at radius 1 is 1.27 bits per heavy atom. The maximum Gasteiger partial charge on any atom is 0.338 e. The number of thiophene rings is 1. The molecule has 0 bridgehead atoms. The minimum Gasteiger partial charge on any atom is -0.485 e. The van der Waals surface area contributed by atoms with Crippen LogP contribution in [0.3, 0.4) is 0 Å². The Morgan fingerprint density at radius 2 is 2.09 bits per heavy atom. The summed E-state index contributed by atoms with van der Waals surface area (Å²) in [5, 5.41) is 1.94. The maximum atomic E-state index is 13.6. The molecule has 3 aromatic rings. The zero-order chi connectivity index (χ0) is 23.1. The third kappa shape index (κ3) is 3.79. The largest absolute Gasteiger partial charge is 0.485 e. The molecule has 8 heteroatoms. The van der Waals surface area contributed by atoms with Gasteiger partial charge < -0.3 is 9.47 Å². The van der Waals surface area contributed by atoms with Gasteiger partial charge in [-0.2, -0.15) is 0 Å². The van der Waals surface area contributed by atoms with Crippen molar-refractivity contribution in [3.05, 3.63) is 88.7 Å². The number of esters is 1. The zero-order valence-corrected chi connectivity index (χ0v) is 20.0. The van der Waals surface area contributed by atoms with Crippen molar-refractivity contribution >= 4 is 40.8 Å². The number of nitrogens with zero attached hydrogens (tertiary/aromatic N) is 2. The van der Waals surface area contributed by atoms with Crippen LogP contribution in [0, 0.1) is 0 Å². The van der Waals surface area contributed by atoms with Gasteiger partial charge in [-0.25, -0.2) is 9.79 Å². The Kier molecular flexibility index (Phi) is 5.64. The summed E-state index contributed by atoms with van der Waals surface area (Å²) < 4.78 is 13.5. The van der Waals surface area contributed by atoms with Crippen LogP contribution in [-0.2, 0) is 9.53 Å². The molecule has 0 N–H and O–H groups in total. The second-order valence-electron chi connectivity index (χ2n) is 7.76. The third-order valence-electron chi connectivity index (χ3n) is 5.64. The third-order valence-corrected chi connectivity index (χ3v) is 7.55. The first-order chi connectivity index (χ1) is 16.0. The minimum absolute atomic E-state index is 0.182. The quantitative estimate of drug-likeness (QED) is 0.537. The van der Waals surface area contributed by atoms with E-state index in [-0.39, 0.29) is 18.3 Å². The van der Waals surface area contributed by atoms with Crippen LogP contribution in [0.25, 0.3) is 12.2 Å². The van der Waals surface area contributed by atoms with Gasteiger partial charge in [0.25, 0.3) is 5.56 Å². The van der Waals surface area contributed by atoms with E-state index >= 15 is 0 Å². The molecular formula is C25H22N2O4S2. The summed E-state index contributed by atoms with van der Waals surface area (Å²) in [7, 11) is 0. The van der Waals surface area contributed by atoms with Gasteiger partial charge in [-0.3, -0.25) is 9.36 Å². The summed E-state index contributed by atoms with van der Waals surface area (Å²) in [6.07, 6.45) is 3.73. The molecular weight excluding hydrogens is 456 g/mol. The molecule has 0 fully saturated rings. The minimum atomic E-state index is -0.558. The van der Waals surface area contributed by atoms with Gasteiger partial charge in [0.2, 0.25) is 0 Å². The van der Waals surface area contributed by atoms with Crippen LogP contribution in [0.15, 0.2) is 68.4 Å². The van der Waals surface area contributed by atoms with Crippen molar-refractivity contribution in [2.45, 2.75) is 32.9 Å². The number of ether oxygens (including phenoxy) is 2. The molecule has 1 aromatic carbocycles. The van der Waals surface area contributed by atoms with E-state index < -0.39 is 12.0 Å².